The lowest BCUT2D eigenvalue weighted by molar-refractivity contribution is 0.0696. The average Bonchev–Trinajstić information content (AvgIpc) is 3.06. The predicted octanol–water partition coefficient (Wildman–Crippen LogP) is 1.83. The summed E-state index contributed by atoms with van der Waals surface area (Å²) in [6.07, 6.45) is 3.77. The van der Waals surface area contributed by atoms with E-state index in [1.807, 2.05) is 0 Å². The molecule has 0 amide bonds. The van der Waals surface area contributed by atoms with Crippen molar-refractivity contribution in [3.05, 3.63) is 29.0 Å². The monoisotopic (exact) mass is 248 g/mol. The molecule has 1 fully saturated rings. The van der Waals surface area contributed by atoms with E-state index in [1.165, 1.54) is 12.1 Å². The molecule has 5 N–H and O–H groups in total. The molecule has 0 atom stereocenters. The maximum atomic E-state index is 11.1. The summed E-state index contributed by atoms with van der Waals surface area (Å²) in [5, 5.41) is 9.06. The van der Waals surface area contributed by atoms with Crippen LogP contribution < -0.4 is 16.2 Å². The van der Waals surface area contributed by atoms with Gasteiger partial charge in [-0.1, -0.05) is 0 Å². The Balaban J connectivity index is 2.46. The van der Waals surface area contributed by atoms with Crippen molar-refractivity contribution >= 4 is 17.7 Å². The third-order valence-corrected chi connectivity index (χ3v) is 2.62. The number of aromatic carboxylic acids is 1. The zero-order chi connectivity index (χ0) is 13.3. The summed E-state index contributed by atoms with van der Waals surface area (Å²) in [5.41, 5.74) is 13.3. The standard InChI is InChI=1S/C13H16N2O3/c1-7(14)4-8-5-9(13(16)17)6-11(12(8)15)18-10-2-3-10/h4-6,10H,2-3,14-15H2,1H3,(H,16,17)/b7-4-. The van der Waals surface area contributed by atoms with Gasteiger partial charge in [-0.15, -0.1) is 0 Å². The molecule has 18 heavy (non-hydrogen) atoms. The molecule has 1 aromatic rings. The Morgan fingerprint density at radius 1 is 1.50 bits per heavy atom. The second kappa shape index (κ2) is 4.60. The van der Waals surface area contributed by atoms with E-state index in [1.54, 1.807) is 13.0 Å². The lowest BCUT2D eigenvalue weighted by Gasteiger charge is -2.12. The topological polar surface area (TPSA) is 98.6 Å². The molecule has 0 radical (unpaired) electrons. The fourth-order valence-electron chi connectivity index (χ4n) is 1.60. The van der Waals surface area contributed by atoms with Crippen LogP contribution in [0.4, 0.5) is 5.69 Å². The smallest absolute Gasteiger partial charge is 0.335 e. The van der Waals surface area contributed by atoms with Crippen LogP contribution in [0.15, 0.2) is 17.8 Å². The molecule has 0 aromatic heterocycles. The van der Waals surface area contributed by atoms with Crippen molar-refractivity contribution in [1.82, 2.24) is 0 Å². The number of hydrogen-bond acceptors (Lipinski definition) is 4. The zero-order valence-electron chi connectivity index (χ0n) is 10.1. The highest BCUT2D eigenvalue weighted by atomic mass is 16.5. The quantitative estimate of drug-likeness (QED) is 0.706. The minimum atomic E-state index is -1.01. The number of carbonyl (C=O) groups is 1. The van der Waals surface area contributed by atoms with E-state index in [-0.39, 0.29) is 11.7 Å². The van der Waals surface area contributed by atoms with Crippen molar-refractivity contribution in [2.75, 3.05) is 5.73 Å². The number of nitrogen functional groups attached to an aromatic ring is 1. The molecule has 96 valence electrons. The Kier molecular flexibility index (Phi) is 3.14. The van der Waals surface area contributed by atoms with E-state index in [0.717, 1.165) is 12.8 Å². The SMILES string of the molecule is C/C(N)=C/c1cc(C(=O)O)cc(OC2CC2)c1N. The van der Waals surface area contributed by atoms with Gasteiger partial charge in [-0.25, -0.2) is 4.79 Å². The first-order chi connectivity index (χ1) is 8.47. The molecule has 0 spiro atoms. The molecule has 0 unspecified atom stereocenters. The molecule has 0 saturated heterocycles. The highest BCUT2D eigenvalue weighted by molar-refractivity contribution is 5.91. The lowest BCUT2D eigenvalue weighted by Crippen LogP contribution is -2.05. The molecule has 0 aliphatic heterocycles. The second-order valence-electron chi connectivity index (χ2n) is 4.49. The van der Waals surface area contributed by atoms with E-state index in [2.05, 4.69) is 0 Å². The van der Waals surface area contributed by atoms with Crippen LogP contribution in [0.5, 0.6) is 5.75 Å². The second-order valence-corrected chi connectivity index (χ2v) is 4.49. The number of hydrogen-bond donors (Lipinski definition) is 3. The van der Waals surface area contributed by atoms with Gasteiger partial charge in [0, 0.05) is 11.3 Å². The van der Waals surface area contributed by atoms with Crippen molar-refractivity contribution in [1.29, 1.82) is 0 Å². The molecule has 2 rings (SSSR count). The summed E-state index contributed by atoms with van der Waals surface area (Å²) in [7, 11) is 0. The van der Waals surface area contributed by atoms with Crippen LogP contribution in [0, 0.1) is 0 Å². The molecule has 1 aromatic carbocycles. The van der Waals surface area contributed by atoms with Crippen LogP contribution in [-0.2, 0) is 0 Å². The van der Waals surface area contributed by atoms with E-state index < -0.39 is 5.97 Å². The van der Waals surface area contributed by atoms with Crippen molar-refractivity contribution in [3.63, 3.8) is 0 Å². The summed E-state index contributed by atoms with van der Waals surface area (Å²) >= 11 is 0. The van der Waals surface area contributed by atoms with Crippen molar-refractivity contribution in [2.24, 2.45) is 5.73 Å². The molecule has 0 heterocycles. The Bertz CT molecular complexity index is 515. The van der Waals surface area contributed by atoms with E-state index >= 15 is 0 Å². The maximum absolute atomic E-state index is 11.1. The molecular formula is C13H16N2O3. The number of anilines is 1. The van der Waals surface area contributed by atoms with Crippen LogP contribution in [0.2, 0.25) is 0 Å². The number of rotatable bonds is 4. The van der Waals surface area contributed by atoms with Crippen LogP contribution >= 0.6 is 0 Å². The van der Waals surface area contributed by atoms with Crippen LogP contribution in [0.1, 0.15) is 35.7 Å². The number of ether oxygens (including phenoxy) is 1. The van der Waals surface area contributed by atoms with Gasteiger partial charge < -0.3 is 21.3 Å². The Hall–Kier alpha value is -2.17. The highest BCUT2D eigenvalue weighted by Gasteiger charge is 2.25. The molecule has 5 heteroatoms. The minimum absolute atomic E-state index is 0.146. The maximum Gasteiger partial charge on any atom is 0.335 e. The number of carboxylic acid groups (broad SMARTS) is 1. The van der Waals surface area contributed by atoms with E-state index in [0.29, 0.717) is 22.7 Å². The normalized spacial score (nSPS) is 15.5. The third-order valence-electron chi connectivity index (χ3n) is 2.62. The lowest BCUT2D eigenvalue weighted by atomic mass is 10.1. The van der Waals surface area contributed by atoms with Crippen molar-refractivity contribution in [2.45, 2.75) is 25.9 Å². The van der Waals surface area contributed by atoms with Crippen molar-refractivity contribution < 1.29 is 14.6 Å². The van der Waals surface area contributed by atoms with Gasteiger partial charge in [-0.2, -0.15) is 0 Å². The van der Waals surface area contributed by atoms with Crippen LogP contribution in [0.3, 0.4) is 0 Å². The Morgan fingerprint density at radius 3 is 2.67 bits per heavy atom. The van der Waals surface area contributed by atoms with Gasteiger partial charge >= 0.3 is 5.97 Å². The summed E-state index contributed by atoms with van der Waals surface area (Å²) in [6, 6.07) is 2.95. The van der Waals surface area contributed by atoms with Gasteiger partial charge in [0.15, 0.2) is 0 Å². The number of carboxylic acids is 1. The van der Waals surface area contributed by atoms with Gasteiger partial charge in [0.2, 0.25) is 0 Å². The Morgan fingerprint density at radius 2 is 2.17 bits per heavy atom. The average molecular weight is 248 g/mol. The fraction of sp³-hybridized carbons (Fsp3) is 0.308. The fourth-order valence-corrected chi connectivity index (χ4v) is 1.60. The highest BCUT2D eigenvalue weighted by Crippen LogP contribution is 2.34. The molecule has 1 aliphatic carbocycles. The van der Waals surface area contributed by atoms with Gasteiger partial charge in [-0.3, -0.25) is 0 Å². The summed E-state index contributed by atoms with van der Waals surface area (Å²) in [5.74, 6) is -0.593. The summed E-state index contributed by atoms with van der Waals surface area (Å²) < 4.78 is 5.61. The van der Waals surface area contributed by atoms with Crippen LogP contribution in [-0.4, -0.2) is 17.2 Å². The minimum Gasteiger partial charge on any atom is -0.488 e. The molecule has 1 aliphatic rings. The van der Waals surface area contributed by atoms with Gasteiger partial charge in [-0.05, 0) is 38.0 Å². The van der Waals surface area contributed by atoms with E-state index in [4.69, 9.17) is 21.3 Å². The third kappa shape index (κ3) is 2.74. The Labute approximate surface area is 105 Å². The molecule has 1 saturated carbocycles. The number of allylic oxidation sites excluding steroid dienone is 1. The first-order valence-corrected chi connectivity index (χ1v) is 5.74. The molecule has 5 nitrogen and oxygen atoms in total. The van der Waals surface area contributed by atoms with Gasteiger partial charge in [0.25, 0.3) is 0 Å². The number of nitrogens with two attached hydrogens (primary N) is 2. The van der Waals surface area contributed by atoms with Crippen molar-refractivity contribution in [3.8, 4) is 5.75 Å². The largest absolute Gasteiger partial charge is 0.488 e. The summed E-state index contributed by atoms with van der Waals surface area (Å²) in [4.78, 5) is 11.1. The van der Waals surface area contributed by atoms with E-state index in [9.17, 15) is 4.79 Å². The molecule has 0 bridgehead atoms. The zero-order valence-corrected chi connectivity index (χ0v) is 10.1. The predicted molar refractivity (Wildman–Crippen MR) is 69.3 cm³/mol. The molecular weight excluding hydrogens is 232 g/mol. The van der Waals surface area contributed by atoms with Crippen LogP contribution in [0.25, 0.3) is 6.08 Å². The van der Waals surface area contributed by atoms with Gasteiger partial charge in [0.1, 0.15) is 5.75 Å². The first-order valence-electron chi connectivity index (χ1n) is 5.74. The van der Waals surface area contributed by atoms with Gasteiger partial charge in [0.05, 0.1) is 17.4 Å². The first kappa shape index (κ1) is 12.3. The number of benzene rings is 1. The summed E-state index contributed by atoms with van der Waals surface area (Å²) in [6.45, 7) is 1.72.